The van der Waals surface area contributed by atoms with Crippen LogP contribution in [0.3, 0.4) is 0 Å². The summed E-state index contributed by atoms with van der Waals surface area (Å²) in [5, 5.41) is 5.70. The highest BCUT2D eigenvalue weighted by Gasteiger charge is 2.25. The predicted octanol–water partition coefficient (Wildman–Crippen LogP) is -0.388. The minimum absolute atomic E-state index is 0. The minimum atomic E-state index is -0.0285. The molecule has 0 spiro atoms. The quantitative estimate of drug-likeness (QED) is 0.714. The van der Waals surface area contributed by atoms with Crippen LogP contribution >= 0.6 is 12.4 Å². The SMILES string of the molecule is CNC(=O)CCN(C)C(=O)[C@@H]1CCNC1.Cl. The molecule has 1 aliphatic rings. The van der Waals surface area contributed by atoms with Crippen LogP contribution in [0.2, 0.25) is 0 Å². The second-order valence-electron chi connectivity index (χ2n) is 3.87. The van der Waals surface area contributed by atoms with E-state index in [9.17, 15) is 9.59 Å². The number of hydrogen-bond donors (Lipinski definition) is 2. The lowest BCUT2D eigenvalue weighted by Gasteiger charge is -2.20. The molecule has 6 heteroatoms. The average molecular weight is 250 g/mol. The van der Waals surface area contributed by atoms with Crippen molar-refractivity contribution in [2.75, 3.05) is 33.7 Å². The summed E-state index contributed by atoms with van der Waals surface area (Å²) in [7, 11) is 3.36. The van der Waals surface area contributed by atoms with Gasteiger partial charge in [0.05, 0.1) is 5.92 Å². The van der Waals surface area contributed by atoms with E-state index in [1.165, 1.54) is 0 Å². The van der Waals surface area contributed by atoms with Crippen molar-refractivity contribution in [3.63, 3.8) is 0 Å². The second kappa shape index (κ2) is 7.46. The molecule has 0 aromatic carbocycles. The molecule has 1 rings (SSSR count). The molecule has 1 fully saturated rings. The highest BCUT2D eigenvalue weighted by molar-refractivity contribution is 5.85. The van der Waals surface area contributed by atoms with E-state index in [0.717, 1.165) is 19.5 Å². The number of nitrogens with one attached hydrogen (secondary N) is 2. The van der Waals surface area contributed by atoms with E-state index in [0.29, 0.717) is 13.0 Å². The van der Waals surface area contributed by atoms with Gasteiger partial charge in [-0.25, -0.2) is 0 Å². The maximum atomic E-state index is 11.8. The summed E-state index contributed by atoms with van der Waals surface area (Å²) in [4.78, 5) is 24.4. The summed E-state index contributed by atoms with van der Waals surface area (Å²) in [6, 6.07) is 0. The molecular formula is C10H20ClN3O2. The summed E-state index contributed by atoms with van der Waals surface area (Å²) in [6.45, 7) is 2.18. The van der Waals surface area contributed by atoms with Gasteiger partial charge in [-0.1, -0.05) is 0 Å². The van der Waals surface area contributed by atoms with Crippen molar-refractivity contribution in [1.29, 1.82) is 0 Å². The van der Waals surface area contributed by atoms with Crippen LogP contribution < -0.4 is 10.6 Å². The fourth-order valence-corrected chi connectivity index (χ4v) is 1.68. The summed E-state index contributed by atoms with van der Waals surface area (Å²) < 4.78 is 0. The maximum absolute atomic E-state index is 11.8. The van der Waals surface area contributed by atoms with E-state index in [1.807, 2.05) is 0 Å². The van der Waals surface area contributed by atoms with Crippen LogP contribution in [-0.2, 0) is 9.59 Å². The van der Waals surface area contributed by atoms with Crippen molar-refractivity contribution in [2.45, 2.75) is 12.8 Å². The summed E-state index contributed by atoms with van der Waals surface area (Å²) in [5.41, 5.74) is 0. The molecular weight excluding hydrogens is 230 g/mol. The van der Waals surface area contributed by atoms with Crippen molar-refractivity contribution in [2.24, 2.45) is 5.92 Å². The Labute approximate surface area is 102 Å². The van der Waals surface area contributed by atoms with Crippen LogP contribution in [0.1, 0.15) is 12.8 Å². The number of carbonyl (C=O) groups excluding carboxylic acids is 2. The van der Waals surface area contributed by atoms with E-state index >= 15 is 0 Å². The van der Waals surface area contributed by atoms with Crippen LogP contribution in [-0.4, -0.2) is 50.4 Å². The van der Waals surface area contributed by atoms with Gasteiger partial charge in [-0.2, -0.15) is 0 Å². The lowest BCUT2D eigenvalue weighted by atomic mass is 10.1. The highest BCUT2D eigenvalue weighted by atomic mass is 35.5. The van der Waals surface area contributed by atoms with E-state index in [4.69, 9.17) is 0 Å². The van der Waals surface area contributed by atoms with Crippen molar-refractivity contribution < 1.29 is 9.59 Å². The van der Waals surface area contributed by atoms with Gasteiger partial charge in [0.25, 0.3) is 0 Å². The summed E-state index contributed by atoms with van der Waals surface area (Å²) in [6.07, 6.45) is 1.28. The Morgan fingerprint density at radius 3 is 2.69 bits per heavy atom. The van der Waals surface area contributed by atoms with E-state index in [-0.39, 0.29) is 30.1 Å². The Balaban J connectivity index is 0.00000225. The van der Waals surface area contributed by atoms with Gasteiger partial charge in [0, 0.05) is 33.6 Å². The lowest BCUT2D eigenvalue weighted by Crippen LogP contribution is -2.36. The average Bonchev–Trinajstić information content (AvgIpc) is 2.77. The van der Waals surface area contributed by atoms with E-state index in [2.05, 4.69) is 10.6 Å². The number of hydrogen-bond acceptors (Lipinski definition) is 3. The predicted molar refractivity (Wildman–Crippen MR) is 64.5 cm³/mol. The van der Waals surface area contributed by atoms with Gasteiger partial charge in [0.15, 0.2) is 0 Å². The van der Waals surface area contributed by atoms with E-state index in [1.54, 1.807) is 19.0 Å². The van der Waals surface area contributed by atoms with Gasteiger partial charge in [-0.05, 0) is 13.0 Å². The zero-order valence-electron chi connectivity index (χ0n) is 9.78. The molecule has 2 amide bonds. The van der Waals surface area contributed by atoms with Gasteiger partial charge in [-0.3, -0.25) is 9.59 Å². The zero-order chi connectivity index (χ0) is 11.3. The molecule has 94 valence electrons. The molecule has 5 nitrogen and oxygen atoms in total. The van der Waals surface area contributed by atoms with Gasteiger partial charge >= 0.3 is 0 Å². The molecule has 0 bridgehead atoms. The molecule has 16 heavy (non-hydrogen) atoms. The molecule has 0 radical (unpaired) electrons. The van der Waals surface area contributed by atoms with Gasteiger partial charge in [0.2, 0.25) is 11.8 Å². The smallest absolute Gasteiger partial charge is 0.226 e. The monoisotopic (exact) mass is 249 g/mol. The molecule has 1 saturated heterocycles. The van der Waals surface area contributed by atoms with Crippen molar-refractivity contribution in [1.82, 2.24) is 15.5 Å². The number of nitrogens with zero attached hydrogens (tertiary/aromatic N) is 1. The van der Waals surface area contributed by atoms with Crippen LogP contribution in [0, 0.1) is 5.92 Å². The Morgan fingerprint density at radius 2 is 2.19 bits per heavy atom. The summed E-state index contributed by atoms with van der Waals surface area (Å²) in [5.74, 6) is 0.211. The fraction of sp³-hybridized carbons (Fsp3) is 0.800. The molecule has 0 aliphatic carbocycles. The normalized spacial score (nSPS) is 18.8. The standard InChI is InChI=1S/C10H19N3O2.ClH/c1-11-9(14)4-6-13(2)10(15)8-3-5-12-7-8;/h8,12H,3-7H2,1-2H3,(H,11,14);1H/t8-;/m1./s1. The number of halogens is 1. The second-order valence-corrected chi connectivity index (χ2v) is 3.87. The molecule has 0 unspecified atom stereocenters. The van der Waals surface area contributed by atoms with Crippen molar-refractivity contribution >= 4 is 24.2 Å². The number of rotatable bonds is 4. The highest BCUT2D eigenvalue weighted by Crippen LogP contribution is 2.10. The molecule has 0 aromatic rings. The fourth-order valence-electron chi connectivity index (χ4n) is 1.68. The van der Waals surface area contributed by atoms with Crippen LogP contribution in [0.5, 0.6) is 0 Å². The third-order valence-electron chi connectivity index (χ3n) is 2.74. The molecule has 1 heterocycles. The first kappa shape index (κ1) is 15.2. The molecule has 1 aliphatic heterocycles. The third-order valence-corrected chi connectivity index (χ3v) is 2.74. The Hall–Kier alpha value is -0.810. The van der Waals surface area contributed by atoms with Crippen molar-refractivity contribution in [3.05, 3.63) is 0 Å². The van der Waals surface area contributed by atoms with Crippen LogP contribution in [0.15, 0.2) is 0 Å². The zero-order valence-corrected chi connectivity index (χ0v) is 10.6. The van der Waals surface area contributed by atoms with E-state index < -0.39 is 0 Å². The first-order chi connectivity index (χ1) is 7.15. The largest absolute Gasteiger partial charge is 0.359 e. The number of amides is 2. The molecule has 1 atom stereocenters. The molecule has 0 saturated carbocycles. The first-order valence-electron chi connectivity index (χ1n) is 5.31. The maximum Gasteiger partial charge on any atom is 0.226 e. The Kier molecular flexibility index (Phi) is 7.08. The third kappa shape index (κ3) is 4.37. The van der Waals surface area contributed by atoms with Crippen molar-refractivity contribution in [3.8, 4) is 0 Å². The number of carbonyl (C=O) groups is 2. The van der Waals surface area contributed by atoms with Crippen LogP contribution in [0.25, 0.3) is 0 Å². The van der Waals surface area contributed by atoms with Gasteiger partial charge in [-0.15, -0.1) is 12.4 Å². The molecule has 0 aromatic heterocycles. The van der Waals surface area contributed by atoms with Gasteiger partial charge in [0.1, 0.15) is 0 Å². The lowest BCUT2D eigenvalue weighted by molar-refractivity contribution is -0.134. The van der Waals surface area contributed by atoms with Gasteiger partial charge < -0.3 is 15.5 Å². The molecule has 2 N–H and O–H groups in total. The minimum Gasteiger partial charge on any atom is -0.359 e. The summed E-state index contributed by atoms with van der Waals surface area (Å²) >= 11 is 0. The first-order valence-corrected chi connectivity index (χ1v) is 5.31. The Bertz CT molecular complexity index is 242. The topological polar surface area (TPSA) is 61.4 Å². The Morgan fingerprint density at radius 1 is 1.50 bits per heavy atom. The van der Waals surface area contributed by atoms with Crippen LogP contribution in [0.4, 0.5) is 0 Å².